The number of nitrogens with one attached hydrogen (secondary N) is 1. The van der Waals surface area contributed by atoms with E-state index in [1.165, 1.54) is 11.3 Å². The SMILES string of the molecule is CN1CCN(c2ccc(/C=C/C3=NNC4=CC(c5ccnc(N)n5)=CCC43)cc2)CC1. The molecule has 1 aliphatic carbocycles. The fourth-order valence-corrected chi connectivity index (χ4v) is 4.21. The molecule has 1 atom stereocenters. The minimum absolute atomic E-state index is 0.254. The topological polar surface area (TPSA) is 82.7 Å². The summed E-state index contributed by atoms with van der Waals surface area (Å²) in [5, 5.41) is 4.55. The zero-order chi connectivity index (χ0) is 21.2. The molecule has 0 bridgehead atoms. The Morgan fingerprint density at radius 2 is 1.87 bits per heavy atom. The fraction of sp³-hybridized carbons (Fsp3) is 0.292. The lowest BCUT2D eigenvalue weighted by Crippen LogP contribution is -2.44. The van der Waals surface area contributed by atoms with E-state index in [0.29, 0.717) is 0 Å². The van der Waals surface area contributed by atoms with Crippen LogP contribution in [0.4, 0.5) is 11.6 Å². The second-order valence-electron chi connectivity index (χ2n) is 8.21. The molecule has 3 heterocycles. The van der Waals surface area contributed by atoms with Gasteiger partial charge in [-0.05, 0) is 55.0 Å². The minimum atomic E-state index is 0.254. The lowest BCUT2D eigenvalue weighted by molar-refractivity contribution is 0.313. The summed E-state index contributed by atoms with van der Waals surface area (Å²) < 4.78 is 0. The lowest BCUT2D eigenvalue weighted by Gasteiger charge is -2.34. The van der Waals surface area contributed by atoms with E-state index in [9.17, 15) is 0 Å². The number of rotatable bonds is 4. The Morgan fingerprint density at radius 3 is 2.65 bits per heavy atom. The van der Waals surface area contributed by atoms with Crippen LogP contribution in [0.25, 0.3) is 11.6 Å². The Morgan fingerprint density at radius 1 is 1.06 bits per heavy atom. The van der Waals surface area contributed by atoms with Crippen LogP contribution >= 0.6 is 0 Å². The highest BCUT2D eigenvalue weighted by atomic mass is 15.3. The van der Waals surface area contributed by atoms with Crippen LogP contribution in [0.2, 0.25) is 0 Å². The normalized spacial score (nSPS) is 21.4. The van der Waals surface area contributed by atoms with E-state index in [1.807, 2.05) is 6.07 Å². The highest BCUT2D eigenvalue weighted by molar-refractivity contribution is 6.03. The molecule has 0 saturated carbocycles. The van der Waals surface area contributed by atoms with Crippen LogP contribution in [0.1, 0.15) is 17.7 Å². The predicted molar refractivity (Wildman–Crippen MR) is 126 cm³/mol. The maximum absolute atomic E-state index is 5.72. The average Bonchev–Trinajstić information content (AvgIpc) is 3.21. The van der Waals surface area contributed by atoms with Crippen molar-refractivity contribution in [2.75, 3.05) is 43.9 Å². The molecule has 1 fully saturated rings. The van der Waals surface area contributed by atoms with E-state index < -0.39 is 0 Å². The molecule has 0 spiro atoms. The molecule has 1 saturated heterocycles. The first-order valence-corrected chi connectivity index (χ1v) is 10.7. The van der Waals surface area contributed by atoms with E-state index in [0.717, 1.165) is 55.3 Å². The number of anilines is 2. The summed E-state index contributed by atoms with van der Waals surface area (Å²) in [5.41, 5.74) is 15.4. The Kier molecular flexibility index (Phi) is 5.26. The summed E-state index contributed by atoms with van der Waals surface area (Å²) in [4.78, 5) is 13.1. The molecule has 1 aromatic carbocycles. The summed E-state index contributed by atoms with van der Waals surface area (Å²) in [6.45, 7) is 4.41. The van der Waals surface area contributed by atoms with Crippen LogP contribution < -0.4 is 16.1 Å². The van der Waals surface area contributed by atoms with Crippen molar-refractivity contribution in [3.63, 3.8) is 0 Å². The van der Waals surface area contributed by atoms with Crippen molar-refractivity contribution in [2.45, 2.75) is 6.42 Å². The van der Waals surface area contributed by atoms with Crippen molar-refractivity contribution < 1.29 is 0 Å². The Labute approximate surface area is 182 Å². The van der Waals surface area contributed by atoms with Crippen molar-refractivity contribution in [2.24, 2.45) is 11.0 Å². The zero-order valence-corrected chi connectivity index (χ0v) is 17.7. The van der Waals surface area contributed by atoms with Crippen LogP contribution in [-0.2, 0) is 0 Å². The predicted octanol–water partition coefficient (Wildman–Crippen LogP) is 2.77. The molecule has 3 aliphatic rings. The molecule has 7 nitrogen and oxygen atoms in total. The number of nitrogens with two attached hydrogens (primary N) is 1. The molecule has 1 aromatic heterocycles. The molecule has 158 valence electrons. The van der Waals surface area contributed by atoms with Gasteiger partial charge in [-0.15, -0.1) is 0 Å². The van der Waals surface area contributed by atoms with Gasteiger partial charge in [0.1, 0.15) is 0 Å². The number of hydrogen-bond acceptors (Lipinski definition) is 7. The molecule has 0 radical (unpaired) electrons. The van der Waals surface area contributed by atoms with E-state index >= 15 is 0 Å². The number of hydrazone groups is 1. The summed E-state index contributed by atoms with van der Waals surface area (Å²) in [5.74, 6) is 0.542. The first-order valence-electron chi connectivity index (χ1n) is 10.7. The van der Waals surface area contributed by atoms with Crippen LogP contribution in [-0.4, -0.2) is 53.8 Å². The number of fused-ring (bicyclic) bond motifs is 1. The molecule has 1 unspecified atom stereocenters. The smallest absolute Gasteiger partial charge is 0.220 e. The number of likely N-dealkylation sites (N-methyl/N-ethyl adjacent to an activating group) is 1. The molecule has 3 N–H and O–H groups in total. The number of allylic oxidation sites excluding steroid dienone is 5. The second-order valence-corrected chi connectivity index (χ2v) is 8.21. The fourth-order valence-electron chi connectivity index (χ4n) is 4.21. The summed E-state index contributed by atoms with van der Waals surface area (Å²) in [6, 6.07) is 10.7. The van der Waals surface area contributed by atoms with E-state index in [-0.39, 0.29) is 11.9 Å². The van der Waals surface area contributed by atoms with E-state index in [4.69, 9.17) is 5.73 Å². The molecule has 2 aliphatic heterocycles. The zero-order valence-electron chi connectivity index (χ0n) is 17.7. The summed E-state index contributed by atoms with van der Waals surface area (Å²) in [7, 11) is 2.18. The molecule has 31 heavy (non-hydrogen) atoms. The molecule has 0 amide bonds. The van der Waals surface area contributed by atoms with Crippen molar-refractivity contribution in [1.82, 2.24) is 20.3 Å². The first-order chi connectivity index (χ1) is 15.2. The van der Waals surface area contributed by atoms with Gasteiger partial charge < -0.3 is 15.5 Å². The van der Waals surface area contributed by atoms with Gasteiger partial charge in [0.15, 0.2) is 0 Å². The molecular formula is C24H27N7. The lowest BCUT2D eigenvalue weighted by atomic mass is 9.89. The van der Waals surface area contributed by atoms with Crippen LogP contribution in [0.3, 0.4) is 0 Å². The number of benzene rings is 1. The number of nitrogens with zero attached hydrogens (tertiary/aromatic N) is 5. The van der Waals surface area contributed by atoms with Gasteiger partial charge in [-0.1, -0.05) is 24.3 Å². The standard InChI is InChI=1S/C24H27N7/c1-30-12-14-31(15-13-30)19-6-2-17(3-7-19)4-9-22-20-8-5-18(16-23(20)29-28-22)21-10-11-26-24(25)27-21/h2-7,9-11,16,20,29H,8,12-15H2,1H3,(H2,25,26,27)/b9-4+. The number of nitrogen functional groups attached to an aromatic ring is 1. The highest BCUT2D eigenvalue weighted by Gasteiger charge is 2.27. The van der Waals surface area contributed by atoms with Gasteiger partial charge in [-0.2, -0.15) is 5.10 Å². The molecule has 7 heteroatoms. The monoisotopic (exact) mass is 413 g/mol. The maximum atomic E-state index is 5.72. The third-order valence-electron chi connectivity index (χ3n) is 6.11. The first kappa shape index (κ1) is 19.5. The van der Waals surface area contributed by atoms with E-state index in [1.54, 1.807) is 6.20 Å². The van der Waals surface area contributed by atoms with Gasteiger partial charge in [0, 0.05) is 49.7 Å². The number of aromatic nitrogens is 2. The van der Waals surface area contributed by atoms with Gasteiger partial charge in [-0.3, -0.25) is 5.43 Å². The third-order valence-corrected chi connectivity index (χ3v) is 6.11. The number of piperazine rings is 1. The van der Waals surface area contributed by atoms with Gasteiger partial charge >= 0.3 is 0 Å². The quantitative estimate of drug-likeness (QED) is 0.802. The maximum Gasteiger partial charge on any atom is 0.220 e. The minimum Gasteiger partial charge on any atom is -0.369 e. The summed E-state index contributed by atoms with van der Waals surface area (Å²) in [6.07, 6.45) is 11.1. The van der Waals surface area contributed by atoms with Crippen molar-refractivity contribution in [3.05, 3.63) is 71.7 Å². The molecule has 5 rings (SSSR count). The average molecular weight is 414 g/mol. The van der Waals surface area contributed by atoms with Crippen molar-refractivity contribution in [1.29, 1.82) is 0 Å². The van der Waals surface area contributed by atoms with Crippen molar-refractivity contribution >= 4 is 29.0 Å². The van der Waals surface area contributed by atoms with Crippen LogP contribution in [0, 0.1) is 5.92 Å². The van der Waals surface area contributed by atoms with Gasteiger partial charge in [-0.25, -0.2) is 9.97 Å². The van der Waals surface area contributed by atoms with Crippen LogP contribution in [0.5, 0.6) is 0 Å². The summed E-state index contributed by atoms with van der Waals surface area (Å²) >= 11 is 0. The number of hydrogen-bond donors (Lipinski definition) is 2. The van der Waals surface area contributed by atoms with Crippen molar-refractivity contribution in [3.8, 4) is 0 Å². The highest BCUT2D eigenvalue weighted by Crippen LogP contribution is 2.31. The Bertz CT molecular complexity index is 1070. The Balaban J connectivity index is 1.23. The van der Waals surface area contributed by atoms with Crippen LogP contribution in [0.15, 0.2) is 65.6 Å². The Hall–Kier alpha value is -3.45. The second kappa shape index (κ2) is 8.35. The van der Waals surface area contributed by atoms with Gasteiger partial charge in [0.25, 0.3) is 0 Å². The largest absolute Gasteiger partial charge is 0.369 e. The molecule has 2 aromatic rings. The molecular weight excluding hydrogens is 386 g/mol. The van der Waals surface area contributed by atoms with E-state index in [2.05, 4.69) is 85.9 Å². The van der Waals surface area contributed by atoms with Gasteiger partial charge in [0.05, 0.1) is 11.4 Å². The third kappa shape index (κ3) is 4.22. The van der Waals surface area contributed by atoms with Gasteiger partial charge in [0.2, 0.25) is 5.95 Å².